The highest BCUT2D eigenvalue weighted by Crippen LogP contribution is 2.32. The number of hydrogen-bond donors (Lipinski definition) is 1. The monoisotopic (exact) mass is 307 g/mol. The van der Waals surface area contributed by atoms with Gasteiger partial charge in [-0.25, -0.2) is 4.39 Å². The van der Waals surface area contributed by atoms with E-state index in [1.807, 2.05) is 33.0 Å². The molecule has 112 valence electrons. The molecule has 0 heterocycles. The molecule has 1 unspecified atom stereocenters. The molecule has 0 bridgehead atoms. The van der Waals surface area contributed by atoms with Gasteiger partial charge in [-0.05, 0) is 49.7 Å². The van der Waals surface area contributed by atoms with E-state index in [0.717, 1.165) is 22.4 Å². The molecule has 1 N–H and O–H groups in total. The van der Waals surface area contributed by atoms with Gasteiger partial charge in [-0.15, -0.1) is 0 Å². The van der Waals surface area contributed by atoms with Gasteiger partial charge < -0.3 is 10.1 Å². The molecule has 0 aliphatic carbocycles. The van der Waals surface area contributed by atoms with E-state index in [4.69, 9.17) is 16.3 Å². The molecule has 2 rings (SSSR count). The Balaban J connectivity index is 2.57. The Morgan fingerprint density at radius 2 is 1.86 bits per heavy atom. The van der Waals surface area contributed by atoms with Crippen LogP contribution >= 0.6 is 11.6 Å². The molecule has 2 nitrogen and oxygen atoms in total. The SMILES string of the molecule is CNC(c1cc(C)c(OC)cc1C)c1cccc(Cl)c1F. The first-order valence-corrected chi connectivity index (χ1v) is 7.13. The molecule has 21 heavy (non-hydrogen) atoms. The molecule has 0 aliphatic rings. The summed E-state index contributed by atoms with van der Waals surface area (Å²) in [4.78, 5) is 0. The third-order valence-corrected chi connectivity index (χ3v) is 3.97. The summed E-state index contributed by atoms with van der Waals surface area (Å²) in [6.45, 7) is 3.97. The standard InChI is InChI=1S/C17H19ClFNO/c1-10-9-15(21-4)11(2)8-13(10)17(20-3)12-6-5-7-14(18)16(12)19/h5-9,17,20H,1-4H3. The van der Waals surface area contributed by atoms with E-state index >= 15 is 0 Å². The van der Waals surface area contributed by atoms with E-state index in [2.05, 4.69) is 5.32 Å². The predicted octanol–water partition coefficient (Wildman–Crippen LogP) is 4.41. The lowest BCUT2D eigenvalue weighted by molar-refractivity contribution is 0.411. The van der Waals surface area contributed by atoms with E-state index in [1.165, 1.54) is 0 Å². The van der Waals surface area contributed by atoms with E-state index in [0.29, 0.717) is 5.56 Å². The first-order valence-electron chi connectivity index (χ1n) is 6.76. The Labute approximate surface area is 129 Å². The number of rotatable bonds is 4. The van der Waals surface area contributed by atoms with Crippen molar-refractivity contribution in [3.8, 4) is 5.75 Å². The molecule has 2 aromatic rings. The molecule has 0 saturated heterocycles. The Morgan fingerprint density at radius 3 is 2.48 bits per heavy atom. The largest absolute Gasteiger partial charge is 0.496 e. The zero-order valence-corrected chi connectivity index (χ0v) is 13.4. The van der Waals surface area contributed by atoms with Gasteiger partial charge >= 0.3 is 0 Å². The fourth-order valence-electron chi connectivity index (χ4n) is 2.56. The van der Waals surface area contributed by atoms with Gasteiger partial charge in [0.25, 0.3) is 0 Å². The van der Waals surface area contributed by atoms with Crippen LogP contribution in [0.25, 0.3) is 0 Å². The first kappa shape index (κ1) is 15.8. The Hall–Kier alpha value is -1.58. The van der Waals surface area contributed by atoms with Gasteiger partial charge in [0.2, 0.25) is 0 Å². The maximum Gasteiger partial charge on any atom is 0.146 e. The fraction of sp³-hybridized carbons (Fsp3) is 0.294. The van der Waals surface area contributed by atoms with Crippen molar-refractivity contribution in [1.82, 2.24) is 5.32 Å². The van der Waals surface area contributed by atoms with Crippen LogP contribution in [0.4, 0.5) is 4.39 Å². The van der Waals surface area contributed by atoms with Gasteiger partial charge in [0, 0.05) is 5.56 Å². The third kappa shape index (κ3) is 3.04. The average molecular weight is 308 g/mol. The number of methoxy groups -OCH3 is 1. The summed E-state index contributed by atoms with van der Waals surface area (Å²) in [6, 6.07) is 8.80. The molecule has 0 aliphatic heterocycles. The minimum Gasteiger partial charge on any atom is -0.496 e. The Kier molecular flexibility index (Phi) is 4.86. The van der Waals surface area contributed by atoms with Gasteiger partial charge in [0.1, 0.15) is 11.6 Å². The Bertz CT molecular complexity index is 657. The van der Waals surface area contributed by atoms with Crippen molar-refractivity contribution < 1.29 is 9.13 Å². The average Bonchev–Trinajstić information content (AvgIpc) is 2.47. The summed E-state index contributed by atoms with van der Waals surface area (Å²) >= 11 is 5.90. The van der Waals surface area contributed by atoms with Gasteiger partial charge in [-0.2, -0.15) is 0 Å². The number of halogens is 2. The Morgan fingerprint density at radius 1 is 1.14 bits per heavy atom. The van der Waals surface area contributed by atoms with Crippen LogP contribution in [0.1, 0.15) is 28.3 Å². The number of aryl methyl sites for hydroxylation is 2. The quantitative estimate of drug-likeness (QED) is 0.903. The maximum atomic E-state index is 14.3. The van der Waals surface area contributed by atoms with Gasteiger partial charge in [-0.3, -0.25) is 0 Å². The van der Waals surface area contributed by atoms with E-state index in [1.54, 1.807) is 25.3 Å². The van der Waals surface area contributed by atoms with Crippen LogP contribution in [0, 0.1) is 19.7 Å². The number of hydrogen-bond acceptors (Lipinski definition) is 2. The van der Waals surface area contributed by atoms with E-state index in [-0.39, 0.29) is 16.9 Å². The number of nitrogens with one attached hydrogen (secondary N) is 1. The predicted molar refractivity (Wildman–Crippen MR) is 84.8 cm³/mol. The number of ether oxygens (including phenoxy) is 1. The smallest absolute Gasteiger partial charge is 0.146 e. The van der Waals surface area contributed by atoms with Gasteiger partial charge in [-0.1, -0.05) is 29.8 Å². The second-order valence-electron chi connectivity index (χ2n) is 5.04. The first-order chi connectivity index (χ1) is 9.99. The lowest BCUT2D eigenvalue weighted by Crippen LogP contribution is -2.20. The molecular formula is C17H19ClFNO. The molecular weight excluding hydrogens is 289 g/mol. The summed E-state index contributed by atoms with van der Waals surface area (Å²) in [5, 5.41) is 3.30. The zero-order chi connectivity index (χ0) is 15.6. The van der Waals surface area contributed by atoms with Crippen molar-refractivity contribution in [3.63, 3.8) is 0 Å². The number of benzene rings is 2. The molecule has 0 radical (unpaired) electrons. The van der Waals surface area contributed by atoms with Crippen molar-refractivity contribution in [1.29, 1.82) is 0 Å². The normalized spacial score (nSPS) is 12.3. The second kappa shape index (κ2) is 6.46. The summed E-state index contributed by atoms with van der Waals surface area (Å²) < 4.78 is 19.6. The van der Waals surface area contributed by atoms with Crippen molar-refractivity contribution in [3.05, 3.63) is 63.4 Å². The highest BCUT2D eigenvalue weighted by atomic mass is 35.5. The fourth-order valence-corrected chi connectivity index (χ4v) is 2.75. The van der Waals surface area contributed by atoms with E-state index in [9.17, 15) is 4.39 Å². The minimum absolute atomic E-state index is 0.135. The second-order valence-corrected chi connectivity index (χ2v) is 5.45. The molecule has 1 atom stereocenters. The maximum absolute atomic E-state index is 14.3. The summed E-state index contributed by atoms with van der Waals surface area (Å²) in [6.07, 6.45) is 0. The van der Waals surface area contributed by atoms with Crippen LogP contribution < -0.4 is 10.1 Å². The van der Waals surface area contributed by atoms with Crippen LogP contribution in [0.2, 0.25) is 5.02 Å². The van der Waals surface area contributed by atoms with Crippen LogP contribution in [0.3, 0.4) is 0 Å². The molecule has 0 aromatic heterocycles. The van der Waals surface area contributed by atoms with Crippen LogP contribution in [0.5, 0.6) is 5.75 Å². The van der Waals surface area contributed by atoms with Crippen LogP contribution in [-0.4, -0.2) is 14.2 Å². The lowest BCUT2D eigenvalue weighted by atomic mass is 9.93. The highest BCUT2D eigenvalue weighted by Gasteiger charge is 2.20. The minimum atomic E-state index is -0.383. The zero-order valence-electron chi connectivity index (χ0n) is 12.6. The summed E-state index contributed by atoms with van der Waals surface area (Å²) in [7, 11) is 3.46. The molecule has 4 heteroatoms. The van der Waals surface area contributed by atoms with Gasteiger partial charge in [0.05, 0.1) is 18.2 Å². The van der Waals surface area contributed by atoms with Crippen molar-refractivity contribution in [2.45, 2.75) is 19.9 Å². The lowest BCUT2D eigenvalue weighted by Gasteiger charge is -2.22. The molecule has 2 aromatic carbocycles. The molecule has 0 saturated carbocycles. The molecule has 0 amide bonds. The third-order valence-electron chi connectivity index (χ3n) is 3.68. The topological polar surface area (TPSA) is 21.3 Å². The van der Waals surface area contributed by atoms with Crippen LogP contribution in [-0.2, 0) is 0 Å². The van der Waals surface area contributed by atoms with Gasteiger partial charge in [0.15, 0.2) is 0 Å². The highest BCUT2D eigenvalue weighted by molar-refractivity contribution is 6.30. The summed E-state index contributed by atoms with van der Waals surface area (Å²) in [5.41, 5.74) is 3.60. The molecule has 0 fully saturated rings. The van der Waals surface area contributed by atoms with Crippen LogP contribution in [0.15, 0.2) is 30.3 Å². The van der Waals surface area contributed by atoms with Crippen molar-refractivity contribution in [2.24, 2.45) is 0 Å². The van der Waals surface area contributed by atoms with Crippen molar-refractivity contribution >= 4 is 11.6 Å². The molecule has 0 spiro atoms. The summed E-state index contributed by atoms with van der Waals surface area (Å²) in [5.74, 6) is 0.448. The van der Waals surface area contributed by atoms with Crippen molar-refractivity contribution in [2.75, 3.05) is 14.2 Å². The van der Waals surface area contributed by atoms with E-state index < -0.39 is 0 Å².